The van der Waals surface area contributed by atoms with Gasteiger partial charge in [-0.25, -0.2) is 4.79 Å². The lowest BCUT2D eigenvalue weighted by molar-refractivity contribution is -0.140. The molecule has 7 heteroatoms. The van der Waals surface area contributed by atoms with Gasteiger partial charge in [0, 0.05) is 19.5 Å². The van der Waals surface area contributed by atoms with Crippen LogP contribution in [0.3, 0.4) is 0 Å². The highest BCUT2D eigenvalue weighted by atomic mass is 16.6. The first-order chi connectivity index (χ1) is 8.74. The first-order valence-electron chi connectivity index (χ1n) is 6.05. The molecule has 0 spiro atoms. The third-order valence-corrected chi connectivity index (χ3v) is 1.90. The molecule has 0 saturated carbocycles. The van der Waals surface area contributed by atoms with E-state index in [9.17, 15) is 14.4 Å². The monoisotopic (exact) mass is 274 g/mol. The average molecular weight is 274 g/mol. The van der Waals surface area contributed by atoms with Gasteiger partial charge in [-0.05, 0) is 20.8 Å². The van der Waals surface area contributed by atoms with Gasteiger partial charge in [-0.15, -0.1) is 0 Å². The maximum absolute atomic E-state index is 11.3. The number of nitrogens with one attached hydrogen (secondary N) is 2. The SMILES string of the molecule is COC(=O)CCNC(=O)CCNC(=O)OC(C)(C)C. The minimum atomic E-state index is -0.563. The Hall–Kier alpha value is -1.79. The van der Waals surface area contributed by atoms with Gasteiger partial charge in [0.1, 0.15) is 5.60 Å². The van der Waals surface area contributed by atoms with Gasteiger partial charge in [-0.1, -0.05) is 0 Å². The lowest BCUT2D eigenvalue weighted by Crippen LogP contribution is -2.35. The van der Waals surface area contributed by atoms with Crippen LogP contribution < -0.4 is 10.6 Å². The number of alkyl carbamates (subject to hydrolysis) is 1. The number of ether oxygens (including phenoxy) is 2. The van der Waals surface area contributed by atoms with Crippen LogP contribution in [-0.4, -0.2) is 43.8 Å². The second-order valence-electron chi connectivity index (χ2n) is 4.85. The molecule has 0 aromatic heterocycles. The van der Waals surface area contributed by atoms with E-state index >= 15 is 0 Å². The lowest BCUT2D eigenvalue weighted by Gasteiger charge is -2.19. The highest BCUT2D eigenvalue weighted by Crippen LogP contribution is 2.06. The van der Waals surface area contributed by atoms with E-state index < -0.39 is 11.7 Å². The number of carbonyl (C=O) groups excluding carboxylic acids is 3. The second-order valence-corrected chi connectivity index (χ2v) is 4.85. The summed E-state index contributed by atoms with van der Waals surface area (Å²) in [4.78, 5) is 33.4. The number of hydrogen-bond donors (Lipinski definition) is 2. The molecule has 0 saturated heterocycles. The number of methoxy groups -OCH3 is 1. The van der Waals surface area contributed by atoms with Crippen molar-refractivity contribution in [3.63, 3.8) is 0 Å². The zero-order valence-electron chi connectivity index (χ0n) is 11.9. The van der Waals surface area contributed by atoms with Crippen LogP contribution in [0.5, 0.6) is 0 Å². The Morgan fingerprint density at radius 3 is 2.11 bits per heavy atom. The lowest BCUT2D eigenvalue weighted by atomic mass is 10.2. The third kappa shape index (κ3) is 11.1. The summed E-state index contributed by atoms with van der Waals surface area (Å²) in [6.45, 7) is 5.67. The molecule has 0 rings (SSSR count). The van der Waals surface area contributed by atoms with Crippen LogP contribution in [0.15, 0.2) is 0 Å². The molecular weight excluding hydrogens is 252 g/mol. The maximum Gasteiger partial charge on any atom is 0.407 e. The first-order valence-corrected chi connectivity index (χ1v) is 6.05. The molecule has 0 bridgehead atoms. The van der Waals surface area contributed by atoms with Crippen LogP contribution in [0.4, 0.5) is 4.79 Å². The molecule has 0 radical (unpaired) electrons. The molecule has 0 atom stereocenters. The number of carbonyl (C=O) groups is 3. The molecule has 0 fully saturated rings. The summed E-state index contributed by atoms with van der Waals surface area (Å²) < 4.78 is 9.43. The molecule has 110 valence electrons. The largest absolute Gasteiger partial charge is 0.469 e. The first kappa shape index (κ1) is 17.2. The van der Waals surface area contributed by atoms with E-state index in [1.165, 1.54) is 7.11 Å². The van der Waals surface area contributed by atoms with E-state index in [1.54, 1.807) is 20.8 Å². The van der Waals surface area contributed by atoms with E-state index in [-0.39, 0.29) is 37.8 Å². The molecule has 7 nitrogen and oxygen atoms in total. The Morgan fingerprint density at radius 2 is 1.58 bits per heavy atom. The number of rotatable bonds is 6. The molecule has 0 heterocycles. The number of hydrogen-bond acceptors (Lipinski definition) is 5. The predicted molar refractivity (Wildman–Crippen MR) is 68.5 cm³/mol. The standard InChI is InChI=1S/C12H22N2O5/c1-12(2,3)19-11(17)14-7-5-9(15)13-8-6-10(16)18-4/h5-8H2,1-4H3,(H,13,15)(H,14,17). The van der Waals surface area contributed by atoms with Crippen molar-refractivity contribution in [3.05, 3.63) is 0 Å². The predicted octanol–water partition coefficient (Wildman–Crippen LogP) is 0.580. The molecule has 0 aliphatic heterocycles. The topological polar surface area (TPSA) is 93.7 Å². The fourth-order valence-corrected chi connectivity index (χ4v) is 1.09. The van der Waals surface area contributed by atoms with Crippen LogP contribution in [0.2, 0.25) is 0 Å². The smallest absolute Gasteiger partial charge is 0.407 e. The molecule has 0 aromatic carbocycles. The van der Waals surface area contributed by atoms with Crippen molar-refractivity contribution in [2.75, 3.05) is 20.2 Å². The fraction of sp³-hybridized carbons (Fsp3) is 0.750. The van der Waals surface area contributed by atoms with E-state index in [0.717, 1.165) is 0 Å². The maximum atomic E-state index is 11.3. The minimum Gasteiger partial charge on any atom is -0.469 e. The summed E-state index contributed by atoms with van der Waals surface area (Å²) in [6, 6.07) is 0. The Morgan fingerprint density at radius 1 is 1.00 bits per heavy atom. The molecule has 0 aliphatic rings. The van der Waals surface area contributed by atoms with Gasteiger partial charge in [0.15, 0.2) is 0 Å². The molecular formula is C12H22N2O5. The number of esters is 1. The van der Waals surface area contributed by atoms with E-state index in [4.69, 9.17) is 4.74 Å². The third-order valence-electron chi connectivity index (χ3n) is 1.90. The summed E-state index contributed by atoms with van der Waals surface area (Å²) >= 11 is 0. The molecule has 2 amide bonds. The van der Waals surface area contributed by atoms with Gasteiger partial charge in [-0.2, -0.15) is 0 Å². The van der Waals surface area contributed by atoms with Crippen LogP contribution in [-0.2, 0) is 19.1 Å². The average Bonchev–Trinajstić information content (AvgIpc) is 2.26. The zero-order chi connectivity index (χ0) is 14.9. The normalized spacial score (nSPS) is 10.5. The van der Waals surface area contributed by atoms with Crippen molar-refractivity contribution in [1.29, 1.82) is 0 Å². The molecule has 0 aliphatic carbocycles. The van der Waals surface area contributed by atoms with Crippen molar-refractivity contribution in [2.24, 2.45) is 0 Å². The van der Waals surface area contributed by atoms with Gasteiger partial charge in [0.05, 0.1) is 13.5 Å². The van der Waals surface area contributed by atoms with Crippen molar-refractivity contribution < 1.29 is 23.9 Å². The zero-order valence-corrected chi connectivity index (χ0v) is 11.9. The summed E-state index contributed by atoms with van der Waals surface area (Å²) in [5.41, 5.74) is -0.563. The Balaban J connectivity index is 3.64. The Bertz CT molecular complexity index is 323. The highest BCUT2D eigenvalue weighted by Gasteiger charge is 2.15. The Labute approximate surface area is 113 Å². The quantitative estimate of drug-likeness (QED) is 0.691. The van der Waals surface area contributed by atoms with Crippen LogP contribution >= 0.6 is 0 Å². The summed E-state index contributed by atoms with van der Waals surface area (Å²) in [5.74, 6) is -0.632. The van der Waals surface area contributed by atoms with Gasteiger partial charge in [0.25, 0.3) is 0 Å². The van der Waals surface area contributed by atoms with E-state index in [0.29, 0.717) is 0 Å². The van der Waals surface area contributed by atoms with Gasteiger partial charge >= 0.3 is 12.1 Å². The summed E-state index contributed by atoms with van der Waals surface area (Å²) in [7, 11) is 1.29. The van der Waals surface area contributed by atoms with E-state index in [1.807, 2.05) is 0 Å². The second kappa shape index (κ2) is 8.34. The summed E-state index contributed by atoms with van der Waals surface area (Å²) in [6.07, 6.45) is -0.308. The molecule has 2 N–H and O–H groups in total. The number of amides is 2. The highest BCUT2D eigenvalue weighted by molar-refractivity contribution is 5.77. The molecule has 0 aromatic rings. The van der Waals surface area contributed by atoms with Crippen LogP contribution in [0.25, 0.3) is 0 Å². The van der Waals surface area contributed by atoms with Crippen molar-refractivity contribution in [1.82, 2.24) is 10.6 Å². The van der Waals surface area contributed by atoms with Crippen molar-refractivity contribution in [2.45, 2.75) is 39.2 Å². The minimum absolute atomic E-state index is 0.125. The molecule has 19 heavy (non-hydrogen) atoms. The van der Waals surface area contributed by atoms with Gasteiger partial charge in [0.2, 0.25) is 5.91 Å². The summed E-state index contributed by atoms with van der Waals surface area (Å²) in [5, 5.41) is 5.00. The van der Waals surface area contributed by atoms with Crippen molar-refractivity contribution in [3.8, 4) is 0 Å². The van der Waals surface area contributed by atoms with Gasteiger partial charge < -0.3 is 20.1 Å². The Kier molecular flexibility index (Phi) is 7.55. The van der Waals surface area contributed by atoms with Crippen molar-refractivity contribution >= 4 is 18.0 Å². The molecule has 0 unspecified atom stereocenters. The van der Waals surface area contributed by atoms with Crippen LogP contribution in [0, 0.1) is 0 Å². The fourth-order valence-electron chi connectivity index (χ4n) is 1.09. The van der Waals surface area contributed by atoms with Gasteiger partial charge in [-0.3, -0.25) is 9.59 Å². The van der Waals surface area contributed by atoms with Crippen LogP contribution in [0.1, 0.15) is 33.6 Å². The van der Waals surface area contributed by atoms with E-state index in [2.05, 4.69) is 15.4 Å².